The van der Waals surface area contributed by atoms with E-state index in [1.807, 2.05) is 6.07 Å². The standard InChI is InChI=1S/C17H18N4O2S2/c18-15-14-11-5-1-2-6-12(11)25-16(14)21-17(20-15)24-9-13(22)19-8-10-4-3-7-23-10/h3-4,7H,1-2,5-6,8-9H2,(H,19,22)(H2,18,20,21). The molecule has 1 aliphatic rings. The largest absolute Gasteiger partial charge is 0.467 e. The normalized spacial score (nSPS) is 13.8. The van der Waals surface area contributed by atoms with Gasteiger partial charge in [0.25, 0.3) is 0 Å². The van der Waals surface area contributed by atoms with Crippen LogP contribution in [0.5, 0.6) is 0 Å². The van der Waals surface area contributed by atoms with Gasteiger partial charge in [0.15, 0.2) is 5.16 Å². The quantitative estimate of drug-likeness (QED) is 0.526. The maximum absolute atomic E-state index is 12.0. The number of carbonyl (C=O) groups is 1. The second-order valence-corrected chi connectivity index (χ2v) is 7.95. The van der Waals surface area contributed by atoms with Crippen molar-refractivity contribution in [3.63, 3.8) is 0 Å². The summed E-state index contributed by atoms with van der Waals surface area (Å²) in [6, 6.07) is 3.62. The molecule has 3 aromatic rings. The summed E-state index contributed by atoms with van der Waals surface area (Å²) in [6.45, 7) is 0.381. The van der Waals surface area contributed by atoms with Crippen molar-refractivity contribution in [3.05, 3.63) is 34.6 Å². The molecule has 25 heavy (non-hydrogen) atoms. The molecule has 0 unspecified atom stereocenters. The molecule has 0 saturated carbocycles. The van der Waals surface area contributed by atoms with Crippen molar-refractivity contribution < 1.29 is 9.21 Å². The van der Waals surface area contributed by atoms with E-state index in [9.17, 15) is 4.79 Å². The van der Waals surface area contributed by atoms with Crippen LogP contribution in [0.2, 0.25) is 0 Å². The molecular formula is C17H18N4O2S2. The van der Waals surface area contributed by atoms with E-state index in [2.05, 4.69) is 15.3 Å². The van der Waals surface area contributed by atoms with Crippen molar-refractivity contribution in [1.29, 1.82) is 0 Å². The average molecular weight is 374 g/mol. The minimum absolute atomic E-state index is 0.0888. The third-order valence-electron chi connectivity index (χ3n) is 4.19. The van der Waals surface area contributed by atoms with Gasteiger partial charge in [-0.3, -0.25) is 4.79 Å². The highest BCUT2D eigenvalue weighted by Gasteiger charge is 2.20. The molecule has 3 N–H and O–H groups in total. The van der Waals surface area contributed by atoms with Gasteiger partial charge in [-0.15, -0.1) is 11.3 Å². The molecule has 0 fully saturated rings. The number of rotatable bonds is 5. The van der Waals surface area contributed by atoms with Crippen LogP contribution in [0, 0.1) is 0 Å². The molecule has 0 radical (unpaired) electrons. The van der Waals surface area contributed by atoms with Crippen LogP contribution in [0.25, 0.3) is 10.2 Å². The Labute approximate surface area is 153 Å². The van der Waals surface area contributed by atoms with Crippen LogP contribution in [0.3, 0.4) is 0 Å². The number of nitrogens with one attached hydrogen (secondary N) is 1. The van der Waals surface area contributed by atoms with E-state index in [0.29, 0.717) is 17.5 Å². The van der Waals surface area contributed by atoms with Gasteiger partial charge < -0.3 is 15.5 Å². The van der Waals surface area contributed by atoms with Crippen LogP contribution in [-0.4, -0.2) is 21.6 Å². The third kappa shape index (κ3) is 3.50. The van der Waals surface area contributed by atoms with Crippen LogP contribution >= 0.6 is 23.1 Å². The number of amides is 1. The van der Waals surface area contributed by atoms with Crippen LogP contribution in [-0.2, 0) is 24.2 Å². The Kier molecular flexibility index (Phi) is 4.63. The Morgan fingerprint density at radius 1 is 1.36 bits per heavy atom. The number of thioether (sulfide) groups is 1. The second-order valence-electron chi connectivity index (χ2n) is 5.93. The number of hydrogen-bond acceptors (Lipinski definition) is 7. The summed E-state index contributed by atoms with van der Waals surface area (Å²) >= 11 is 3.02. The number of nitrogens with two attached hydrogens (primary N) is 1. The molecule has 130 valence electrons. The van der Waals surface area contributed by atoms with Gasteiger partial charge in [0, 0.05) is 4.88 Å². The van der Waals surface area contributed by atoms with E-state index in [4.69, 9.17) is 10.2 Å². The first-order valence-corrected chi connectivity index (χ1v) is 10.0. The first-order valence-electron chi connectivity index (χ1n) is 8.20. The van der Waals surface area contributed by atoms with Crippen molar-refractivity contribution in [2.75, 3.05) is 11.5 Å². The number of thiophene rings is 1. The fourth-order valence-electron chi connectivity index (χ4n) is 3.01. The molecule has 0 bridgehead atoms. The lowest BCUT2D eigenvalue weighted by Crippen LogP contribution is -2.24. The zero-order valence-electron chi connectivity index (χ0n) is 13.6. The van der Waals surface area contributed by atoms with Crippen molar-refractivity contribution in [1.82, 2.24) is 15.3 Å². The zero-order valence-corrected chi connectivity index (χ0v) is 15.2. The van der Waals surface area contributed by atoms with Crippen molar-refractivity contribution in [3.8, 4) is 0 Å². The van der Waals surface area contributed by atoms with Crippen LogP contribution in [0.1, 0.15) is 29.0 Å². The van der Waals surface area contributed by atoms with Gasteiger partial charge in [0.05, 0.1) is 23.9 Å². The lowest BCUT2D eigenvalue weighted by molar-refractivity contribution is -0.118. The highest BCUT2D eigenvalue weighted by Crippen LogP contribution is 2.38. The van der Waals surface area contributed by atoms with Gasteiger partial charge in [-0.25, -0.2) is 9.97 Å². The van der Waals surface area contributed by atoms with Gasteiger partial charge in [-0.05, 0) is 43.4 Å². The predicted octanol–water partition coefficient (Wildman–Crippen LogP) is 3.15. The maximum Gasteiger partial charge on any atom is 0.230 e. The van der Waals surface area contributed by atoms with Crippen LogP contribution in [0.15, 0.2) is 28.0 Å². The summed E-state index contributed by atoms with van der Waals surface area (Å²) in [5.74, 6) is 1.41. The first-order chi connectivity index (χ1) is 12.2. The number of anilines is 1. The summed E-state index contributed by atoms with van der Waals surface area (Å²) in [5, 5.41) is 4.38. The van der Waals surface area contributed by atoms with Crippen molar-refractivity contribution in [2.45, 2.75) is 37.4 Å². The number of aromatic nitrogens is 2. The number of nitrogens with zero attached hydrogens (tertiary/aromatic N) is 2. The minimum atomic E-state index is -0.0888. The van der Waals surface area contributed by atoms with Gasteiger partial charge in [-0.2, -0.15) is 0 Å². The number of hydrogen-bond donors (Lipinski definition) is 2. The fraction of sp³-hybridized carbons (Fsp3) is 0.353. The van der Waals surface area contributed by atoms with Gasteiger partial charge in [-0.1, -0.05) is 11.8 Å². The number of fused-ring (bicyclic) bond motifs is 3. The Morgan fingerprint density at radius 2 is 2.24 bits per heavy atom. The monoisotopic (exact) mass is 374 g/mol. The highest BCUT2D eigenvalue weighted by atomic mass is 32.2. The van der Waals surface area contributed by atoms with E-state index in [1.54, 1.807) is 23.7 Å². The van der Waals surface area contributed by atoms with Gasteiger partial charge in [0.2, 0.25) is 5.91 Å². The highest BCUT2D eigenvalue weighted by molar-refractivity contribution is 7.99. The maximum atomic E-state index is 12.0. The molecular weight excluding hydrogens is 356 g/mol. The van der Waals surface area contributed by atoms with E-state index in [0.717, 1.165) is 28.8 Å². The molecule has 0 spiro atoms. The summed E-state index contributed by atoms with van der Waals surface area (Å²) < 4.78 is 5.19. The molecule has 0 aliphatic heterocycles. The molecule has 3 aromatic heterocycles. The summed E-state index contributed by atoms with van der Waals surface area (Å²) in [6.07, 6.45) is 6.18. The topological polar surface area (TPSA) is 94.0 Å². The van der Waals surface area contributed by atoms with Gasteiger partial charge in [0.1, 0.15) is 16.4 Å². The van der Waals surface area contributed by atoms with Crippen molar-refractivity contribution in [2.24, 2.45) is 0 Å². The number of carbonyl (C=O) groups excluding carboxylic acids is 1. The first kappa shape index (κ1) is 16.4. The Balaban J connectivity index is 1.44. The molecule has 0 saturated heterocycles. The molecule has 8 heteroatoms. The second kappa shape index (κ2) is 7.05. The lowest BCUT2D eigenvalue weighted by atomic mass is 9.97. The van der Waals surface area contributed by atoms with Crippen LogP contribution < -0.4 is 11.1 Å². The molecule has 0 aromatic carbocycles. The third-order valence-corrected chi connectivity index (χ3v) is 6.23. The summed E-state index contributed by atoms with van der Waals surface area (Å²) in [4.78, 5) is 23.3. The Morgan fingerprint density at radius 3 is 3.08 bits per heavy atom. The molecule has 4 rings (SSSR count). The molecule has 0 atom stereocenters. The minimum Gasteiger partial charge on any atom is -0.467 e. The van der Waals surface area contributed by atoms with Gasteiger partial charge >= 0.3 is 0 Å². The molecule has 1 amide bonds. The van der Waals surface area contributed by atoms with E-state index >= 15 is 0 Å². The molecule has 1 aliphatic carbocycles. The Bertz CT molecular complexity index is 905. The van der Waals surface area contributed by atoms with Crippen molar-refractivity contribution >= 4 is 45.0 Å². The summed E-state index contributed by atoms with van der Waals surface area (Å²) in [7, 11) is 0. The van der Waals surface area contributed by atoms with Crippen LogP contribution in [0.4, 0.5) is 5.82 Å². The SMILES string of the molecule is Nc1nc(SCC(=O)NCc2ccco2)nc2sc3c(c12)CCCC3. The van der Waals surface area contributed by atoms with E-state index in [-0.39, 0.29) is 11.7 Å². The fourth-order valence-corrected chi connectivity index (χ4v) is 5.02. The Hall–Kier alpha value is -2.06. The zero-order chi connectivity index (χ0) is 17.2. The molecule has 3 heterocycles. The predicted molar refractivity (Wildman–Crippen MR) is 99.7 cm³/mol. The average Bonchev–Trinajstić information content (AvgIpc) is 3.25. The number of furan rings is 1. The lowest BCUT2D eigenvalue weighted by Gasteiger charge is -2.10. The number of aryl methyl sites for hydroxylation is 2. The summed E-state index contributed by atoms with van der Waals surface area (Å²) in [5.41, 5.74) is 7.51. The smallest absolute Gasteiger partial charge is 0.230 e. The molecule has 6 nitrogen and oxygen atoms in total. The number of nitrogen functional groups attached to an aromatic ring is 1. The van der Waals surface area contributed by atoms with E-state index < -0.39 is 0 Å². The van der Waals surface area contributed by atoms with E-state index in [1.165, 1.54) is 35.0 Å².